The Balaban J connectivity index is 2.21. The molecule has 0 aliphatic heterocycles. The van der Waals surface area contributed by atoms with Crippen LogP contribution in [0.4, 0.5) is 18.9 Å². The van der Waals surface area contributed by atoms with E-state index in [0.717, 1.165) is 10.5 Å². The van der Waals surface area contributed by atoms with Crippen LogP contribution in [0, 0.1) is 0 Å². The summed E-state index contributed by atoms with van der Waals surface area (Å²) in [7, 11) is 1.33. The zero-order valence-electron chi connectivity index (χ0n) is 11.0. The SMILES string of the molecule is COc1ccc(NCc2ccc(Br)cn2)c(C(F)(F)F)c1. The molecule has 0 atom stereocenters. The van der Waals surface area contributed by atoms with E-state index in [9.17, 15) is 13.2 Å². The Labute approximate surface area is 128 Å². The minimum Gasteiger partial charge on any atom is -0.497 e. The third-order valence-electron chi connectivity index (χ3n) is 2.78. The number of ether oxygens (including phenoxy) is 1. The molecule has 112 valence electrons. The molecule has 0 aliphatic carbocycles. The Bertz CT molecular complexity index is 615. The summed E-state index contributed by atoms with van der Waals surface area (Å²) >= 11 is 3.25. The number of nitrogens with one attached hydrogen (secondary N) is 1. The maximum absolute atomic E-state index is 13.0. The number of pyridine rings is 1. The van der Waals surface area contributed by atoms with Crippen molar-refractivity contribution in [3.05, 3.63) is 52.3 Å². The van der Waals surface area contributed by atoms with E-state index in [1.807, 2.05) is 0 Å². The maximum atomic E-state index is 13.0. The first kappa shape index (κ1) is 15.6. The van der Waals surface area contributed by atoms with Crippen LogP contribution in [0.15, 0.2) is 41.0 Å². The molecule has 0 radical (unpaired) electrons. The lowest BCUT2D eigenvalue weighted by Crippen LogP contribution is -2.11. The van der Waals surface area contributed by atoms with Gasteiger partial charge in [-0.3, -0.25) is 4.98 Å². The molecule has 0 spiro atoms. The molecule has 2 rings (SSSR count). The molecule has 0 amide bonds. The van der Waals surface area contributed by atoms with Gasteiger partial charge in [0.25, 0.3) is 0 Å². The quantitative estimate of drug-likeness (QED) is 0.872. The van der Waals surface area contributed by atoms with Crippen molar-refractivity contribution in [2.45, 2.75) is 12.7 Å². The van der Waals surface area contributed by atoms with E-state index < -0.39 is 11.7 Å². The molecular formula is C14H12BrF3N2O. The first-order valence-electron chi connectivity index (χ1n) is 5.99. The number of alkyl halides is 3. The Morgan fingerprint density at radius 2 is 2.00 bits per heavy atom. The molecule has 2 aromatic rings. The zero-order valence-corrected chi connectivity index (χ0v) is 12.6. The predicted molar refractivity (Wildman–Crippen MR) is 77.3 cm³/mol. The highest BCUT2D eigenvalue weighted by atomic mass is 79.9. The van der Waals surface area contributed by atoms with Gasteiger partial charge in [0.05, 0.1) is 24.9 Å². The van der Waals surface area contributed by atoms with Gasteiger partial charge in [0.1, 0.15) is 5.75 Å². The topological polar surface area (TPSA) is 34.1 Å². The number of methoxy groups -OCH3 is 1. The van der Waals surface area contributed by atoms with Crippen LogP contribution >= 0.6 is 15.9 Å². The van der Waals surface area contributed by atoms with Crippen molar-refractivity contribution >= 4 is 21.6 Å². The van der Waals surface area contributed by atoms with Gasteiger partial charge in [-0.05, 0) is 46.3 Å². The van der Waals surface area contributed by atoms with E-state index in [0.29, 0.717) is 5.69 Å². The summed E-state index contributed by atoms with van der Waals surface area (Å²) in [5.41, 5.74) is -0.130. The van der Waals surface area contributed by atoms with Gasteiger partial charge in [-0.1, -0.05) is 0 Å². The summed E-state index contributed by atoms with van der Waals surface area (Å²) in [4.78, 5) is 4.10. The lowest BCUT2D eigenvalue weighted by molar-refractivity contribution is -0.137. The Kier molecular flexibility index (Phi) is 4.72. The van der Waals surface area contributed by atoms with Crippen LogP contribution < -0.4 is 10.1 Å². The lowest BCUT2D eigenvalue weighted by atomic mass is 10.1. The van der Waals surface area contributed by atoms with E-state index in [-0.39, 0.29) is 18.0 Å². The molecule has 0 saturated carbocycles. The molecule has 0 aliphatic rings. The number of halogens is 4. The number of benzene rings is 1. The number of rotatable bonds is 4. The molecule has 0 bridgehead atoms. The number of hydrogen-bond acceptors (Lipinski definition) is 3. The van der Waals surface area contributed by atoms with Gasteiger partial charge in [0, 0.05) is 16.4 Å². The summed E-state index contributed by atoms with van der Waals surface area (Å²) in [6.07, 6.45) is -2.86. The van der Waals surface area contributed by atoms with Crippen molar-refractivity contribution in [2.24, 2.45) is 0 Å². The molecule has 1 aromatic heterocycles. The maximum Gasteiger partial charge on any atom is 0.418 e. The smallest absolute Gasteiger partial charge is 0.418 e. The van der Waals surface area contributed by atoms with E-state index in [2.05, 4.69) is 26.2 Å². The third-order valence-corrected chi connectivity index (χ3v) is 3.25. The van der Waals surface area contributed by atoms with Crippen molar-refractivity contribution in [3.63, 3.8) is 0 Å². The van der Waals surface area contributed by atoms with E-state index >= 15 is 0 Å². The molecule has 1 aromatic carbocycles. The number of hydrogen-bond donors (Lipinski definition) is 1. The second-order valence-electron chi connectivity index (χ2n) is 4.23. The molecule has 0 fully saturated rings. The number of aromatic nitrogens is 1. The summed E-state index contributed by atoms with van der Waals surface area (Å²) in [6.45, 7) is 0.197. The number of anilines is 1. The average molecular weight is 361 g/mol. The summed E-state index contributed by atoms with van der Waals surface area (Å²) < 4.78 is 44.7. The molecule has 1 N–H and O–H groups in total. The summed E-state index contributed by atoms with van der Waals surface area (Å²) in [6, 6.07) is 7.31. The van der Waals surface area contributed by atoms with E-state index in [1.165, 1.54) is 19.2 Å². The van der Waals surface area contributed by atoms with Gasteiger partial charge in [0.2, 0.25) is 0 Å². The largest absolute Gasteiger partial charge is 0.497 e. The highest BCUT2D eigenvalue weighted by Crippen LogP contribution is 2.37. The van der Waals surface area contributed by atoms with Crippen LogP contribution in [0.1, 0.15) is 11.3 Å². The normalized spacial score (nSPS) is 11.3. The molecule has 0 unspecified atom stereocenters. The zero-order chi connectivity index (χ0) is 15.5. The van der Waals surface area contributed by atoms with E-state index in [4.69, 9.17) is 4.74 Å². The molecule has 7 heteroatoms. The molecule has 1 heterocycles. The Hall–Kier alpha value is -1.76. The Morgan fingerprint density at radius 1 is 1.24 bits per heavy atom. The average Bonchev–Trinajstić information content (AvgIpc) is 2.45. The highest BCUT2D eigenvalue weighted by Gasteiger charge is 2.34. The van der Waals surface area contributed by atoms with Gasteiger partial charge in [0.15, 0.2) is 0 Å². The van der Waals surface area contributed by atoms with Crippen LogP contribution in [0.3, 0.4) is 0 Å². The monoisotopic (exact) mass is 360 g/mol. The van der Waals surface area contributed by atoms with Gasteiger partial charge >= 0.3 is 6.18 Å². The minimum atomic E-state index is -4.45. The van der Waals surface area contributed by atoms with Crippen LogP contribution in [0.5, 0.6) is 5.75 Å². The van der Waals surface area contributed by atoms with Crippen molar-refractivity contribution in [1.82, 2.24) is 4.98 Å². The number of nitrogens with zero attached hydrogens (tertiary/aromatic N) is 1. The van der Waals surface area contributed by atoms with Gasteiger partial charge in [-0.15, -0.1) is 0 Å². The summed E-state index contributed by atoms with van der Waals surface area (Å²) in [5.74, 6) is 0.162. The van der Waals surface area contributed by atoms with Crippen LogP contribution in [0.2, 0.25) is 0 Å². The lowest BCUT2D eigenvalue weighted by Gasteiger charge is -2.15. The van der Waals surface area contributed by atoms with Crippen molar-refractivity contribution in [1.29, 1.82) is 0 Å². The fraction of sp³-hybridized carbons (Fsp3) is 0.214. The van der Waals surface area contributed by atoms with Crippen LogP contribution in [-0.2, 0) is 12.7 Å². The molecular weight excluding hydrogens is 349 g/mol. The second kappa shape index (κ2) is 6.34. The van der Waals surface area contributed by atoms with E-state index in [1.54, 1.807) is 18.3 Å². The summed E-state index contributed by atoms with van der Waals surface area (Å²) in [5, 5.41) is 2.75. The minimum absolute atomic E-state index is 0.00646. The first-order valence-corrected chi connectivity index (χ1v) is 6.79. The third kappa shape index (κ3) is 4.10. The Morgan fingerprint density at radius 3 is 2.57 bits per heavy atom. The fourth-order valence-corrected chi connectivity index (χ4v) is 1.97. The first-order chi connectivity index (χ1) is 9.90. The van der Waals surface area contributed by atoms with Crippen molar-refractivity contribution in [3.8, 4) is 5.75 Å². The molecule has 0 saturated heterocycles. The second-order valence-corrected chi connectivity index (χ2v) is 5.15. The molecule has 3 nitrogen and oxygen atoms in total. The molecule has 21 heavy (non-hydrogen) atoms. The van der Waals surface area contributed by atoms with Gasteiger partial charge in [-0.25, -0.2) is 0 Å². The predicted octanol–water partition coefficient (Wildman–Crippen LogP) is 4.48. The van der Waals surface area contributed by atoms with Crippen LogP contribution in [-0.4, -0.2) is 12.1 Å². The highest BCUT2D eigenvalue weighted by molar-refractivity contribution is 9.10. The fourth-order valence-electron chi connectivity index (χ4n) is 1.74. The van der Waals surface area contributed by atoms with Crippen LogP contribution in [0.25, 0.3) is 0 Å². The van der Waals surface area contributed by atoms with Gasteiger partial charge < -0.3 is 10.1 Å². The van der Waals surface area contributed by atoms with Crippen molar-refractivity contribution in [2.75, 3.05) is 12.4 Å². The van der Waals surface area contributed by atoms with Gasteiger partial charge in [-0.2, -0.15) is 13.2 Å². The van der Waals surface area contributed by atoms with Crippen molar-refractivity contribution < 1.29 is 17.9 Å². The standard InChI is InChI=1S/C14H12BrF3N2O/c1-21-11-4-5-13(12(6-11)14(16,17)18)20-8-10-3-2-9(15)7-19-10/h2-7,20H,8H2,1H3.